The number of aromatic nitrogens is 9. The molecule has 0 saturated heterocycles. The van der Waals surface area contributed by atoms with Gasteiger partial charge in [-0.25, -0.2) is 9.97 Å². The molecular formula is C22H29N9O4S. The number of aryl methyl sites for hydroxylation is 6. The molecule has 0 bridgehead atoms. The summed E-state index contributed by atoms with van der Waals surface area (Å²) in [5.41, 5.74) is 0. The van der Waals surface area contributed by atoms with Crippen LogP contribution in [0.5, 0.6) is 0 Å². The van der Waals surface area contributed by atoms with E-state index in [-0.39, 0.29) is 0 Å². The van der Waals surface area contributed by atoms with E-state index in [4.69, 9.17) is 4.42 Å². The Hall–Kier alpha value is -4.46. The zero-order valence-electron chi connectivity index (χ0n) is 20.9. The first kappa shape index (κ1) is 29.6. The minimum absolute atomic E-state index is 0.606. The van der Waals surface area contributed by atoms with Crippen LogP contribution < -0.4 is 0 Å². The SMILES string of the molecule is Cc1ccno1.Cc1ncc[nH]1.Cc1ncco1.Cc1nccs1.Cc1ncon1.Cc1nnco1. The van der Waals surface area contributed by atoms with Gasteiger partial charge in [-0.1, -0.05) is 10.3 Å². The van der Waals surface area contributed by atoms with E-state index in [1.165, 1.54) is 12.8 Å². The Morgan fingerprint density at radius 3 is 1.81 bits per heavy atom. The average Bonchev–Trinajstić information content (AvgIpc) is 3.67. The van der Waals surface area contributed by atoms with Crippen LogP contribution in [0.1, 0.15) is 34.2 Å². The van der Waals surface area contributed by atoms with E-state index in [0.29, 0.717) is 11.7 Å². The highest BCUT2D eigenvalue weighted by molar-refractivity contribution is 7.09. The van der Waals surface area contributed by atoms with Crippen LogP contribution in [-0.4, -0.2) is 45.4 Å². The Kier molecular flexibility index (Phi) is 15.5. The highest BCUT2D eigenvalue weighted by atomic mass is 32.1. The maximum Gasteiger partial charge on any atom is 0.213 e. The minimum atomic E-state index is 0.606. The Morgan fingerprint density at radius 1 is 0.806 bits per heavy atom. The number of nitrogens with zero attached hydrogens (tertiary/aromatic N) is 8. The van der Waals surface area contributed by atoms with Gasteiger partial charge in [0, 0.05) is 43.9 Å². The molecule has 6 aromatic rings. The first-order chi connectivity index (χ1) is 17.4. The lowest BCUT2D eigenvalue weighted by Gasteiger charge is -1.68. The molecule has 13 nitrogen and oxygen atoms in total. The average molecular weight is 516 g/mol. The van der Waals surface area contributed by atoms with E-state index in [1.54, 1.807) is 75.4 Å². The van der Waals surface area contributed by atoms with Crippen LogP contribution in [-0.2, 0) is 0 Å². The van der Waals surface area contributed by atoms with E-state index >= 15 is 0 Å². The van der Waals surface area contributed by atoms with Crippen molar-refractivity contribution in [3.8, 4) is 0 Å². The van der Waals surface area contributed by atoms with E-state index in [9.17, 15) is 0 Å². The summed E-state index contributed by atoms with van der Waals surface area (Å²) in [4.78, 5) is 18.1. The van der Waals surface area contributed by atoms with Crippen molar-refractivity contribution in [2.45, 2.75) is 41.5 Å². The fourth-order valence-corrected chi connectivity index (χ4v) is 2.10. The van der Waals surface area contributed by atoms with Gasteiger partial charge >= 0.3 is 0 Å². The molecule has 192 valence electrons. The highest BCUT2D eigenvalue weighted by Crippen LogP contribution is 1.98. The van der Waals surface area contributed by atoms with E-state index in [0.717, 1.165) is 22.5 Å². The van der Waals surface area contributed by atoms with Crippen LogP contribution in [0.4, 0.5) is 0 Å². The third kappa shape index (κ3) is 17.1. The molecule has 0 aliphatic heterocycles. The second kappa shape index (κ2) is 18.9. The normalized spacial score (nSPS) is 8.83. The van der Waals surface area contributed by atoms with Gasteiger partial charge in [0.1, 0.15) is 17.8 Å². The maximum absolute atomic E-state index is 4.72. The Balaban J connectivity index is 0.000000216. The Morgan fingerprint density at radius 2 is 1.64 bits per heavy atom. The fraction of sp³-hybridized carbons (Fsp3) is 0.273. The molecule has 0 aliphatic rings. The zero-order valence-corrected chi connectivity index (χ0v) is 21.7. The molecule has 0 radical (unpaired) electrons. The topological polar surface area (TPSA) is 171 Å². The lowest BCUT2D eigenvalue weighted by atomic mass is 10.5. The molecule has 6 heterocycles. The predicted molar refractivity (Wildman–Crippen MR) is 131 cm³/mol. The number of nitrogens with one attached hydrogen (secondary N) is 1. The summed E-state index contributed by atoms with van der Waals surface area (Å²) in [5.74, 6) is 3.82. The third-order valence-corrected chi connectivity index (χ3v) is 3.96. The Labute approximate surface area is 212 Å². The summed E-state index contributed by atoms with van der Waals surface area (Å²) in [6.07, 6.45) is 12.7. The summed E-state index contributed by atoms with van der Waals surface area (Å²) < 4.78 is 18.3. The molecule has 6 aromatic heterocycles. The number of hydrogen-bond acceptors (Lipinski definition) is 13. The molecule has 0 fully saturated rings. The van der Waals surface area contributed by atoms with Crippen molar-refractivity contribution < 1.29 is 17.9 Å². The van der Waals surface area contributed by atoms with Crippen LogP contribution in [0.3, 0.4) is 0 Å². The van der Waals surface area contributed by atoms with Crippen molar-refractivity contribution >= 4 is 11.3 Å². The van der Waals surface area contributed by atoms with Crippen molar-refractivity contribution in [2.75, 3.05) is 0 Å². The van der Waals surface area contributed by atoms with Gasteiger partial charge in [0.15, 0.2) is 11.7 Å². The van der Waals surface area contributed by atoms with Gasteiger partial charge in [-0.3, -0.25) is 4.98 Å². The molecular weight excluding hydrogens is 486 g/mol. The molecule has 0 aliphatic carbocycles. The molecule has 14 heteroatoms. The first-order valence-electron chi connectivity index (χ1n) is 10.4. The molecule has 0 atom stereocenters. The third-order valence-electron chi connectivity index (χ3n) is 3.25. The standard InChI is InChI=1S/C4H6N2.2C4H5NO.C4H5NS.2C3H4N2O/c2*1-4-5-2-3-6-4;1-4-2-3-5-6-4;1-4-5-2-3-6-4;1-3-5-4-2-6-3;1-3-4-2-6-5-3/h2-3H,1H3,(H,5,6);3*2-3H,1H3;2*2H,1H3. The second-order valence-corrected chi connectivity index (χ2v) is 7.43. The van der Waals surface area contributed by atoms with E-state index < -0.39 is 0 Å². The van der Waals surface area contributed by atoms with E-state index in [2.05, 4.69) is 58.9 Å². The first-order valence-corrected chi connectivity index (χ1v) is 11.3. The fourth-order valence-electron chi connectivity index (χ4n) is 1.66. The van der Waals surface area contributed by atoms with Gasteiger partial charge in [-0.15, -0.1) is 21.5 Å². The van der Waals surface area contributed by atoms with Crippen LogP contribution in [0.15, 0.2) is 79.4 Å². The van der Waals surface area contributed by atoms with Gasteiger partial charge in [-0.2, -0.15) is 4.98 Å². The lowest BCUT2D eigenvalue weighted by molar-refractivity contribution is 0.397. The van der Waals surface area contributed by atoms with Gasteiger partial charge in [-0.05, 0) is 27.7 Å². The molecule has 0 amide bonds. The van der Waals surface area contributed by atoms with Gasteiger partial charge < -0.3 is 22.9 Å². The van der Waals surface area contributed by atoms with Crippen molar-refractivity contribution in [3.05, 3.63) is 95.7 Å². The molecule has 0 saturated carbocycles. The summed E-state index contributed by atoms with van der Waals surface area (Å²) in [7, 11) is 0. The molecule has 0 aromatic carbocycles. The van der Waals surface area contributed by atoms with Crippen molar-refractivity contribution in [2.24, 2.45) is 0 Å². The molecule has 1 N–H and O–H groups in total. The highest BCUT2D eigenvalue weighted by Gasteiger charge is 1.81. The smallest absolute Gasteiger partial charge is 0.213 e. The van der Waals surface area contributed by atoms with Crippen molar-refractivity contribution in [3.63, 3.8) is 0 Å². The molecule has 0 unspecified atom stereocenters. The Bertz CT molecular complexity index is 923. The number of rotatable bonds is 0. The van der Waals surface area contributed by atoms with Crippen LogP contribution in [0.25, 0.3) is 0 Å². The maximum atomic E-state index is 4.72. The summed E-state index contributed by atoms with van der Waals surface area (Å²) >= 11 is 1.67. The number of imidazole rings is 1. The second-order valence-electron chi connectivity index (χ2n) is 6.34. The van der Waals surface area contributed by atoms with Crippen LogP contribution >= 0.6 is 11.3 Å². The molecule has 36 heavy (non-hydrogen) atoms. The van der Waals surface area contributed by atoms with Gasteiger partial charge in [0.05, 0.1) is 17.4 Å². The minimum Gasteiger partial charge on any atom is -0.449 e. The summed E-state index contributed by atoms with van der Waals surface area (Å²) in [6, 6.07) is 1.81. The number of thiazole rings is 1. The summed E-state index contributed by atoms with van der Waals surface area (Å²) in [5, 5.41) is 16.9. The van der Waals surface area contributed by atoms with Gasteiger partial charge in [0.2, 0.25) is 18.7 Å². The van der Waals surface area contributed by atoms with Crippen LogP contribution in [0, 0.1) is 41.5 Å². The number of aromatic amines is 1. The van der Waals surface area contributed by atoms with Crippen LogP contribution in [0.2, 0.25) is 0 Å². The van der Waals surface area contributed by atoms with Gasteiger partial charge in [0.25, 0.3) is 0 Å². The lowest BCUT2D eigenvalue weighted by Crippen LogP contribution is -1.66. The summed E-state index contributed by atoms with van der Waals surface area (Å²) in [6.45, 7) is 11.1. The van der Waals surface area contributed by atoms with E-state index in [1.807, 2.05) is 26.2 Å². The zero-order chi connectivity index (χ0) is 26.4. The quantitative estimate of drug-likeness (QED) is 0.290. The molecule has 0 spiro atoms. The number of hydrogen-bond donors (Lipinski definition) is 1. The molecule has 6 rings (SSSR count). The monoisotopic (exact) mass is 515 g/mol. The largest absolute Gasteiger partial charge is 0.449 e. The number of oxazole rings is 1. The predicted octanol–water partition coefficient (Wildman–Crippen LogP) is 4.89. The van der Waals surface area contributed by atoms with Crippen molar-refractivity contribution in [1.29, 1.82) is 0 Å². The number of H-pyrrole nitrogens is 1. The van der Waals surface area contributed by atoms with Crippen molar-refractivity contribution in [1.82, 2.24) is 45.4 Å².